The molecule has 0 bridgehead atoms. The van der Waals surface area contributed by atoms with Gasteiger partial charge in [0.05, 0.1) is 0 Å². The Morgan fingerprint density at radius 2 is 2.04 bits per heavy atom. The standard InChI is InChI=1S/C21H28N4O3/c1-13-9-24(10-14(13)7-8-22)11-15-3-2-4-16-17(15)12-25(21(16)28)18-5-6-19(26)23-20(18)27/h2-4,13-14,18H,5-12,22H2,1H3,(H,23,26,27)/t13-,14-,18?/m1/s1. The molecule has 3 amide bonds. The van der Waals surface area contributed by atoms with E-state index in [1.165, 1.54) is 0 Å². The zero-order valence-electron chi connectivity index (χ0n) is 16.3. The van der Waals surface area contributed by atoms with E-state index in [1.54, 1.807) is 4.90 Å². The molecule has 0 aromatic heterocycles. The van der Waals surface area contributed by atoms with Crippen molar-refractivity contribution in [3.05, 3.63) is 34.9 Å². The van der Waals surface area contributed by atoms with Gasteiger partial charge in [-0.3, -0.25) is 24.6 Å². The number of carbonyl (C=O) groups is 3. The second-order valence-corrected chi connectivity index (χ2v) is 8.35. The molecule has 7 heteroatoms. The maximum Gasteiger partial charge on any atom is 0.255 e. The van der Waals surface area contributed by atoms with Gasteiger partial charge in [-0.2, -0.15) is 0 Å². The third-order valence-electron chi connectivity index (χ3n) is 6.45. The summed E-state index contributed by atoms with van der Waals surface area (Å²) in [4.78, 5) is 40.7. The van der Waals surface area contributed by atoms with Crippen LogP contribution < -0.4 is 11.1 Å². The molecule has 1 aromatic rings. The first-order valence-corrected chi connectivity index (χ1v) is 10.2. The van der Waals surface area contributed by atoms with Gasteiger partial charge in [0, 0.05) is 38.2 Å². The third-order valence-corrected chi connectivity index (χ3v) is 6.45. The fraction of sp³-hybridized carbons (Fsp3) is 0.571. The van der Waals surface area contributed by atoms with Crippen molar-refractivity contribution < 1.29 is 14.4 Å². The fourth-order valence-electron chi connectivity index (χ4n) is 4.90. The molecule has 2 fully saturated rings. The first kappa shape index (κ1) is 19.1. The lowest BCUT2D eigenvalue weighted by molar-refractivity contribution is -0.136. The molecule has 2 saturated heterocycles. The number of amides is 3. The Morgan fingerprint density at radius 1 is 1.21 bits per heavy atom. The molecule has 150 valence electrons. The maximum absolute atomic E-state index is 12.9. The number of benzene rings is 1. The zero-order chi connectivity index (χ0) is 19.8. The molecule has 3 atom stereocenters. The van der Waals surface area contributed by atoms with Crippen molar-refractivity contribution in [1.82, 2.24) is 15.1 Å². The van der Waals surface area contributed by atoms with Crippen LogP contribution in [-0.4, -0.2) is 53.2 Å². The third kappa shape index (κ3) is 3.44. The smallest absolute Gasteiger partial charge is 0.255 e. The van der Waals surface area contributed by atoms with Crippen LogP contribution in [0.1, 0.15) is 47.7 Å². The van der Waals surface area contributed by atoms with Crippen molar-refractivity contribution in [3.8, 4) is 0 Å². The van der Waals surface area contributed by atoms with Crippen molar-refractivity contribution in [1.29, 1.82) is 0 Å². The summed E-state index contributed by atoms with van der Waals surface area (Å²) < 4.78 is 0. The lowest BCUT2D eigenvalue weighted by Gasteiger charge is -2.29. The summed E-state index contributed by atoms with van der Waals surface area (Å²) in [6.07, 6.45) is 1.72. The van der Waals surface area contributed by atoms with E-state index < -0.39 is 6.04 Å². The average molecular weight is 384 g/mol. The number of piperidine rings is 1. The van der Waals surface area contributed by atoms with Crippen LogP contribution in [0.2, 0.25) is 0 Å². The molecule has 7 nitrogen and oxygen atoms in total. The summed E-state index contributed by atoms with van der Waals surface area (Å²) in [5.74, 6) is 0.519. The summed E-state index contributed by atoms with van der Waals surface area (Å²) in [5.41, 5.74) is 8.61. The first-order chi connectivity index (χ1) is 13.5. The number of imide groups is 1. The second-order valence-electron chi connectivity index (χ2n) is 8.35. The molecule has 3 aliphatic heterocycles. The summed E-state index contributed by atoms with van der Waals surface area (Å²) >= 11 is 0. The van der Waals surface area contributed by atoms with Crippen molar-refractivity contribution in [2.45, 2.75) is 45.3 Å². The Labute approximate surface area is 165 Å². The van der Waals surface area contributed by atoms with Crippen LogP contribution in [0, 0.1) is 11.8 Å². The van der Waals surface area contributed by atoms with E-state index in [0.29, 0.717) is 30.4 Å². The highest BCUT2D eigenvalue weighted by molar-refractivity contribution is 6.05. The number of fused-ring (bicyclic) bond motifs is 1. The number of nitrogens with zero attached hydrogens (tertiary/aromatic N) is 2. The summed E-state index contributed by atoms with van der Waals surface area (Å²) in [7, 11) is 0. The van der Waals surface area contributed by atoms with Gasteiger partial charge in [-0.25, -0.2) is 0 Å². The van der Waals surface area contributed by atoms with E-state index >= 15 is 0 Å². The van der Waals surface area contributed by atoms with Gasteiger partial charge < -0.3 is 10.6 Å². The molecular formula is C21H28N4O3. The summed E-state index contributed by atoms with van der Waals surface area (Å²) in [6.45, 7) is 6.33. The monoisotopic (exact) mass is 384 g/mol. The van der Waals surface area contributed by atoms with Gasteiger partial charge in [0.2, 0.25) is 11.8 Å². The Balaban J connectivity index is 1.50. The number of likely N-dealkylation sites (tertiary alicyclic amines) is 1. The molecule has 1 unspecified atom stereocenters. The fourth-order valence-corrected chi connectivity index (χ4v) is 4.90. The minimum atomic E-state index is -0.564. The SMILES string of the molecule is C[C@@H]1CN(Cc2cccc3c2CN(C2CCC(=O)NC2=O)C3=O)C[C@H]1CCN. The number of nitrogens with two attached hydrogens (primary N) is 1. The van der Waals surface area contributed by atoms with E-state index in [0.717, 1.165) is 43.7 Å². The highest BCUT2D eigenvalue weighted by Gasteiger charge is 2.40. The van der Waals surface area contributed by atoms with Crippen LogP contribution >= 0.6 is 0 Å². The van der Waals surface area contributed by atoms with Crippen molar-refractivity contribution in [2.24, 2.45) is 17.6 Å². The Hall–Kier alpha value is -2.25. The Morgan fingerprint density at radius 3 is 2.79 bits per heavy atom. The average Bonchev–Trinajstić information content (AvgIpc) is 3.17. The summed E-state index contributed by atoms with van der Waals surface area (Å²) in [6, 6.07) is 5.29. The molecule has 28 heavy (non-hydrogen) atoms. The van der Waals surface area contributed by atoms with E-state index in [-0.39, 0.29) is 24.1 Å². The van der Waals surface area contributed by atoms with Gasteiger partial charge in [-0.05, 0) is 48.4 Å². The molecule has 3 heterocycles. The van der Waals surface area contributed by atoms with Crippen LogP contribution in [0.5, 0.6) is 0 Å². The van der Waals surface area contributed by atoms with Crippen LogP contribution in [0.25, 0.3) is 0 Å². The molecular weight excluding hydrogens is 356 g/mol. The Bertz CT molecular complexity index is 809. The molecule has 0 aliphatic carbocycles. The lowest BCUT2D eigenvalue weighted by atomic mass is 9.95. The largest absolute Gasteiger partial charge is 0.330 e. The van der Waals surface area contributed by atoms with Gasteiger partial charge >= 0.3 is 0 Å². The van der Waals surface area contributed by atoms with Crippen LogP contribution in [0.3, 0.4) is 0 Å². The minimum absolute atomic E-state index is 0.109. The number of hydrogen-bond donors (Lipinski definition) is 2. The van der Waals surface area contributed by atoms with Crippen LogP contribution in [0.15, 0.2) is 18.2 Å². The molecule has 0 spiro atoms. The maximum atomic E-state index is 12.9. The predicted molar refractivity (Wildman–Crippen MR) is 104 cm³/mol. The second kappa shape index (κ2) is 7.64. The number of hydrogen-bond acceptors (Lipinski definition) is 5. The van der Waals surface area contributed by atoms with Crippen LogP contribution in [0.4, 0.5) is 0 Å². The first-order valence-electron chi connectivity index (χ1n) is 10.2. The number of nitrogens with one attached hydrogen (secondary N) is 1. The molecule has 3 N–H and O–H groups in total. The molecule has 1 aromatic carbocycles. The van der Waals surface area contributed by atoms with Gasteiger partial charge in [0.15, 0.2) is 0 Å². The van der Waals surface area contributed by atoms with Crippen LogP contribution in [-0.2, 0) is 22.7 Å². The topological polar surface area (TPSA) is 95.7 Å². The predicted octanol–water partition coefficient (Wildman–Crippen LogP) is 0.864. The molecule has 0 saturated carbocycles. The van der Waals surface area contributed by atoms with Gasteiger partial charge in [0.1, 0.15) is 6.04 Å². The number of carbonyl (C=O) groups excluding carboxylic acids is 3. The highest BCUT2D eigenvalue weighted by Crippen LogP contribution is 2.32. The summed E-state index contributed by atoms with van der Waals surface area (Å²) in [5, 5.41) is 2.36. The minimum Gasteiger partial charge on any atom is -0.330 e. The highest BCUT2D eigenvalue weighted by atomic mass is 16.2. The number of rotatable bonds is 5. The van der Waals surface area contributed by atoms with Gasteiger partial charge in [-0.15, -0.1) is 0 Å². The van der Waals surface area contributed by atoms with Crippen molar-refractivity contribution in [2.75, 3.05) is 19.6 Å². The quantitative estimate of drug-likeness (QED) is 0.735. The van der Waals surface area contributed by atoms with E-state index in [4.69, 9.17) is 5.73 Å². The van der Waals surface area contributed by atoms with Gasteiger partial charge in [0.25, 0.3) is 5.91 Å². The zero-order valence-corrected chi connectivity index (χ0v) is 16.3. The van der Waals surface area contributed by atoms with Crippen molar-refractivity contribution >= 4 is 17.7 Å². The molecule has 4 rings (SSSR count). The van der Waals surface area contributed by atoms with E-state index in [9.17, 15) is 14.4 Å². The molecule has 0 radical (unpaired) electrons. The van der Waals surface area contributed by atoms with Gasteiger partial charge in [-0.1, -0.05) is 19.1 Å². The normalized spacial score (nSPS) is 28.0. The lowest BCUT2D eigenvalue weighted by Crippen LogP contribution is -2.52. The van der Waals surface area contributed by atoms with E-state index in [2.05, 4.69) is 23.2 Å². The van der Waals surface area contributed by atoms with E-state index in [1.807, 2.05) is 12.1 Å². The molecule has 3 aliphatic rings. The van der Waals surface area contributed by atoms with Crippen molar-refractivity contribution in [3.63, 3.8) is 0 Å². The Kier molecular flexibility index (Phi) is 5.21.